The van der Waals surface area contributed by atoms with Gasteiger partial charge in [-0.15, -0.1) is 0 Å². The van der Waals surface area contributed by atoms with Gasteiger partial charge in [-0.3, -0.25) is 4.98 Å². The van der Waals surface area contributed by atoms with Crippen LogP contribution in [0.15, 0.2) is 70.9 Å². The van der Waals surface area contributed by atoms with Gasteiger partial charge in [-0.2, -0.15) is 4.98 Å². The Kier molecular flexibility index (Phi) is 5.46. The van der Waals surface area contributed by atoms with Crippen molar-refractivity contribution < 1.29 is 4.42 Å². The molecule has 168 valence electrons. The number of allylic oxidation sites excluding steroid dienone is 3. The predicted molar refractivity (Wildman–Crippen MR) is 134 cm³/mol. The fourth-order valence-electron chi connectivity index (χ4n) is 4.11. The number of nitrogen functional groups attached to an aromatic ring is 1. The molecule has 0 amide bonds. The third kappa shape index (κ3) is 4.26. The standard InChI is InChI=1S/C26H28N6O/c1-4-5-17(2)10-11-31(3)20-15-32(16-20)25-14-28-21-8-6-18(12-22(21)29-25)19-7-9-24-23(13-19)30-26(27)33-24/h5-14,20H,4,15-16H2,1-3H3,(H2,27,30)/b11-10-,17-5+. The summed E-state index contributed by atoms with van der Waals surface area (Å²) in [6.45, 7) is 6.16. The summed E-state index contributed by atoms with van der Waals surface area (Å²) in [7, 11) is 2.13. The van der Waals surface area contributed by atoms with Crippen molar-refractivity contribution in [1.82, 2.24) is 19.9 Å². The van der Waals surface area contributed by atoms with E-state index in [1.165, 1.54) is 5.57 Å². The lowest BCUT2D eigenvalue weighted by Crippen LogP contribution is -2.57. The van der Waals surface area contributed by atoms with Crippen LogP contribution in [0, 0.1) is 0 Å². The lowest BCUT2D eigenvalue weighted by atomic mass is 10.0. The number of benzene rings is 2. The fourth-order valence-corrected chi connectivity index (χ4v) is 4.11. The molecule has 1 fully saturated rings. The van der Waals surface area contributed by atoms with Crippen LogP contribution in [0.25, 0.3) is 33.3 Å². The van der Waals surface area contributed by atoms with E-state index in [9.17, 15) is 0 Å². The molecule has 7 nitrogen and oxygen atoms in total. The SMILES string of the molecule is CC/C=C(C)/C=C\N(C)C1CN(c2cnc3ccc(-c4ccc5oc(N)nc5c4)cc3n2)C1. The molecule has 0 unspecified atom stereocenters. The van der Waals surface area contributed by atoms with Gasteiger partial charge in [0, 0.05) is 20.1 Å². The molecule has 0 aliphatic carbocycles. The molecule has 2 aromatic carbocycles. The van der Waals surface area contributed by atoms with Crippen molar-refractivity contribution in [2.75, 3.05) is 30.8 Å². The molecular formula is C26H28N6O. The van der Waals surface area contributed by atoms with Gasteiger partial charge in [-0.1, -0.05) is 30.7 Å². The first kappa shape index (κ1) is 21.0. The van der Waals surface area contributed by atoms with Gasteiger partial charge in [-0.05, 0) is 61.0 Å². The Bertz CT molecular complexity index is 1370. The largest absolute Gasteiger partial charge is 0.424 e. The average Bonchev–Trinajstić information content (AvgIpc) is 3.15. The highest BCUT2D eigenvalue weighted by molar-refractivity contribution is 5.86. The number of oxazole rings is 1. The number of anilines is 2. The van der Waals surface area contributed by atoms with Crippen LogP contribution in [0.3, 0.4) is 0 Å². The van der Waals surface area contributed by atoms with Crippen LogP contribution in [0.1, 0.15) is 20.3 Å². The minimum atomic E-state index is 0.178. The third-order valence-corrected chi connectivity index (χ3v) is 6.13. The quantitative estimate of drug-likeness (QED) is 0.422. The molecule has 1 saturated heterocycles. The van der Waals surface area contributed by atoms with Gasteiger partial charge in [0.2, 0.25) is 0 Å². The first-order valence-electron chi connectivity index (χ1n) is 11.3. The highest BCUT2D eigenvalue weighted by Gasteiger charge is 2.30. The smallest absolute Gasteiger partial charge is 0.292 e. The van der Waals surface area contributed by atoms with Gasteiger partial charge in [-0.25, -0.2) is 4.98 Å². The maximum atomic E-state index is 5.68. The van der Waals surface area contributed by atoms with E-state index < -0.39 is 0 Å². The van der Waals surface area contributed by atoms with E-state index in [1.54, 1.807) is 0 Å². The molecule has 1 aliphatic heterocycles. The summed E-state index contributed by atoms with van der Waals surface area (Å²) in [4.78, 5) is 18.3. The molecular weight excluding hydrogens is 412 g/mol. The molecule has 7 heteroatoms. The molecule has 3 heterocycles. The zero-order chi connectivity index (χ0) is 22.9. The first-order valence-corrected chi connectivity index (χ1v) is 11.3. The molecule has 0 spiro atoms. The molecule has 2 N–H and O–H groups in total. The zero-order valence-corrected chi connectivity index (χ0v) is 19.2. The molecule has 4 aromatic rings. The number of nitrogens with two attached hydrogens (primary N) is 1. The van der Waals surface area contributed by atoms with Crippen molar-refractivity contribution in [1.29, 1.82) is 0 Å². The van der Waals surface area contributed by atoms with E-state index in [0.717, 1.165) is 53.0 Å². The van der Waals surface area contributed by atoms with E-state index in [2.05, 4.69) is 71.1 Å². The Morgan fingerprint density at radius 3 is 2.67 bits per heavy atom. The van der Waals surface area contributed by atoms with Crippen molar-refractivity contribution >= 4 is 34.0 Å². The lowest BCUT2D eigenvalue weighted by molar-refractivity contribution is 0.274. The van der Waals surface area contributed by atoms with E-state index >= 15 is 0 Å². The van der Waals surface area contributed by atoms with Gasteiger partial charge in [0.15, 0.2) is 5.58 Å². The van der Waals surface area contributed by atoms with Gasteiger partial charge in [0.25, 0.3) is 6.01 Å². The Balaban J connectivity index is 1.33. The summed E-state index contributed by atoms with van der Waals surface area (Å²) < 4.78 is 5.38. The van der Waals surface area contributed by atoms with Crippen molar-refractivity contribution in [2.24, 2.45) is 0 Å². The summed E-state index contributed by atoms with van der Waals surface area (Å²) in [5.74, 6) is 0.912. The number of rotatable bonds is 6. The Labute approximate surface area is 193 Å². The Hall–Kier alpha value is -3.87. The van der Waals surface area contributed by atoms with Crippen LogP contribution >= 0.6 is 0 Å². The summed E-state index contributed by atoms with van der Waals surface area (Å²) >= 11 is 0. The van der Waals surface area contributed by atoms with E-state index in [-0.39, 0.29) is 6.01 Å². The molecule has 2 aromatic heterocycles. The number of aromatic nitrogens is 3. The van der Waals surface area contributed by atoms with E-state index in [4.69, 9.17) is 15.1 Å². The number of hydrogen-bond acceptors (Lipinski definition) is 7. The normalized spacial score (nSPS) is 15.0. The van der Waals surface area contributed by atoms with Crippen molar-refractivity contribution in [3.63, 3.8) is 0 Å². The fraction of sp³-hybridized carbons (Fsp3) is 0.269. The first-order chi connectivity index (χ1) is 16.0. The van der Waals surface area contributed by atoms with Gasteiger partial charge in [0.1, 0.15) is 11.3 Å². The molecule has 1 aliphatic rings. The highest BCUT2D eigenvalue weighted by Crippen LogP contribution is 2.29. The van der Waals surface area contributed by atoms with Gasteiger partial charge in [0.05, 0.1) is 23.3 Å². The van der Waals surface area contributed by atoms with Crippen molar-refractivity contribution in [2.45, 2.75) is 26.3 Å². The summed E-state index contributed by atoms with van der Waals surface area (Å²) in [5.41, 5.74) is 12.2. The van der Waals surface area contributed by atoms with Gasteiger partial charge < -0.3 is 20.0 Å². The minimum absolute atomic E-state index is 0.178. The maximum Gasteiger partial charge on any atom is 0.292 e. The lowest BCUT2D eigenvalue weighted by Gasteiger charge is -2.44. The van der Waals surface area contributed by atoms with Crippen LogP contribution < -0.4 is 10.6 Å². The predicted octanol–water partition coefficient (Wildman–Crippen LogP) is 5.01. The number of hydrogen-bond donors (Lipinski definition) is 1. The molecule has 0 saturated carbocycles. The van der Waals surface area contributed by atoms with Crippen molar-refractivity contribution in [3.8, 4) is 11.1 Å². The second kappa shape index (κ2) is 8.58. The topological polar surface area (TPSA) is 84.3 Å². The number of likely N-dealkylation sites (N-methyl/N-ethyl adjacent to an activating group) is 1. The van der Waals surface area contributed by atoms with Crippen LogP contribution in [-0.2, 0) is 0 Å². The molecule has 0 radical (unpaired) electrons. The van der Waals surface area contributed by atoms with E-state index in [0.29, 0.717) is 11.6 Å². The monoisotopic (exact) mass is 440 g/mol. The number of nitrogens with zero attached hydrogens (tertiary/aromatic N) is 5. The van der Waals surface area contributed by atoms with Crippen LogP contribution in [0.2, 0.25) is 0 Å². The molecule has 33 heavy (non-hydrogen) atoms. The summed E-state index contributed by atoms with van der Waals surface area (Å²) in [5, 5.41) is 0. The summed E-state index contributed by atoms with van der Waals surface area (Å²) in [6.07, 6.45) is 9.50. The minimum Gasteiger partial charge on any atom is -0.424 e. The second-order valence-electron chi connectivity index (χ2n) is 8.56. The maximum absolute atomic E-state index is 5.68. The zero-order valence-electron chi connectivity index (χ0n) is 19.2. The average molecular weight is 441 g/mol. The van der Waals surface area contributed by atoms with Gasteiger partial charge >= 0.3 is 0 Å². The molecule has 5 rings (SSSR count). The van der Waals surface area contributed by atoms with Crippen molar-refractivity contribution in [3.05, 3.63) is 66.5 Å². The summed E-state index contributed by atoms with van der Waals surface area (Å²) in [6, 6.07) is 12.7. The highest BCUT2D eigenvalue weighted by atomic mass is 16.4. The number of fused-ring (bicyclic) bond motifs is 2. The Morgan fingerprint density at radius 1 is 1.12 bits per heavy atom. The molecule has 0 atom stereocenters. The second-order valence-corrected chi connectivity index (χ2v) is 8.56. The molecule has 0 bridgehead atoms. The van der Waals surface area contributed by atoms with Crippen LogP contribution in [-0.4, -0.2) is 46.0 Å². The van der Waals surface area contributed by atoms with E-state index in [1.807, 2.05) is 30.5 Å². The van der Waals surface area contributed by atoms with Crippen LogP contribution in [0.5, 0.6) is 0 Å². The van der Waals surface area contributed by atoms with Crippen LogP contribution in [0.4, 0.5) is 11.8 Å². The third-order valence-electron chi connectivity index (χ3n) is 6.13. The Morgan fingerprint density at radius 2 is 1.88 bits per heavy atom.